The van der Waals surface area contributed by atoms with Crippen molar-refractivity contribution in [3.63, 3.8) is 0 Å². The zero-order chi connectivity index (χ0) is 22.6. The molecule has 8 nitrogen and oxygen atoms in total. The number of rotatable bonds is 6. The van der Waals surface area contributed by atoms with Gasteiger partial charge in [-0.25, -0.2) is 15.0 Å². The highest BCUT2D eigenvalue weighted by atomic mass is 16.1. The smallest absolute Gasteiger partial charge is 0.224 e. The van der Waals surface area contributed by atoms with Crippen molar-refractivity contribution in [1.82, 2.24) is 29.7 Å². The Kier molecular flexibility index (Phi) is 7.09. The molecule has 0 spiro atoms. The number of imidazole rings is 1. The fourth-order valence-electron chi connectivity index (χ4n) is 5.87. The molecule has 0 radical (unpaired) electrons. The largest absolute Gasteiger partial charge is 0.356 e. The Morgan fingerprint density at radius 1 is 1.06 bits per heavy atom. The molecule has 2 atom stereocenters. The van der Waals surface area contributed by atoms with Gasteiger partial charge in [-0.05, 0) is 58.4 Å². The van der Waals surface area contributed by atoms with E-state index in [0.29, 0.717) is 12.6 Å². The molecule has 0 saturated carbocycles. The number of piperidine rings is 2. The van der Waals surface area contributed by atoms with Crippen LogP contribution in [0, 0.1) is 5.92 Å². The van der Waals surface area contributed by atoms with Gasteiger partial charge in [0.05, 0.1) is 5.92 Å². The van der Waals surface area contributed by atoms with E-state index in [-0.39, 0.29) is 11.8 Å². The molecule has 33 heavy (non-hydrogen) atoms. The van der Waals surface area contributed by atoms with Gasteiger partial charge in [0.1, 0.15) is 12.2 Å². The quantitative estimate of drug-likeness (QED) is 0.677. The van der Waals surface area contributed by atoms with Gasteiger partial charge in [0.25, 0.3) is 0 Å². The summed E-state index contributed by atoms with van der Waals surface area (Å²) in [6.45, 7) is 8.01. The normalized spacial score (nSPS) is 24.5. The zero-order valence-corrected chi connectivity index (χ0v) is 20.1. The summed E-state index contributed by atoms with van der Waals surface area (Å²) in [5, 5.41) is 3.22. The number of carbonyl (C=O) groups excluding carboxylic acids is 1. The summed E-state index contributed by atoms with van der Waals surface area (Å²) >= 11 is 0. The molecule has 0 bridgehead atoms. The van der Waals surface area contributed by atoms with E-state index in [1.54, 1.807) is 6.33 Å². The number of nitrogens with one attached hydrogen (secondary N) is 1. The highest BCUT2D eigenvalue weighted by Gasteiger charge is 2.29. The average Bonchev–Trinajstić information content (AvgIpc) is 3.03. The Balaban J connectivity index is 1.19. The molecule has 2 aromatic rings. The minimum Gasteiger partial charge on any atom is -0.356 e. The summed E-state index contributed by atoms with van der Waals surface area (Å²) in [5.41, 5.74) is 1.86. The van der Waals surface area contributed by atoms with E-state index in [0.717, 1.165) is 74.7 Å². The van der Waals surface area contributed by atoms with Crippen LogP contribution in [0.2, 0.25) is 0 Å². The van der Waals surface area contributed by atoms with Crippen molar-refractivity contribution in [2.75, 3.05) is 37.6 Å². The lowest BCUT2D eigenvalue weighted by Crippen LogP contribution is -2.44. The Bertz CT molecular complexity index is 958. The van der Waals surface area contributed by atoms with Gasteiger partial charge in [-0.1, -0.05) is 12.8 Å². The maximum atomic E-state index is 12.9. The molecule has 0 unspecified atom stereocenters. The molecule has 5 rings (SSSR count). The average molecular weight is 454 g/mol. The molecule has 2 aromatic heterocycles. The van der Waals surface area contributed by atoms with Gasteiger partial charge >= 0.3 is 0 Å². The van der Waals surface area contributed by atoms with Crippen molar-refractivity contribution in [3.8, 4) is 0 Å². The fourth-order valence-corrected chi connectivity index (χ4v) is 5.87. The monoisotopic (exact) mass is 453 g/mol. The van der Waals surface area contributed by atoms with E-state index in [1.165, 1.54) is 45.1 Å². The number of hydrogen-bond acceptors (Lipinski definition) is 6. The summed E-state index contributed by atoms with van der Waals surface area (Å²) < 4.78 is 2.28. The minimum absolute atomic E-state index is 0.0121. The standard InChI is InChI=1S/C25H39N7O/c1-19-9-4-6-13-30(19)15-8-12-26-25(33)20-10-7-14-31(17-20)23-22-24(28-18-27-23)32-16-5-2-3-11-21(32)29-22/h18-20H,2-17H2,1H3,(H,26,33)/t19-,20-/m1/s1. The van der Waals surface area contributed by atoms with Crippen molar-refractivity contribution in [1.29, 1.82) is 0 Å². The molecule has 2 saturated heterocycles. The third kappa shape index (κ3) is 5.00. The van der Waals surface area contributed by atoms with Crippen LogP contribution < -0.4 is 10.2 Å². The van der Waals surface area contributed by atoms with Gasteiger partial charge in [0, 0.05) is 45.2 Å². The van der Waals surface area contributed by atoms with Gasteiger partial charge in [0.15, 0.2) is 17.0 Å². The predicted molar refractivity (Wildman–Crippen MR) is 130 cm³/mol. The number of aryl methyl sites for hydroxylation is 2. The van der Waals surface area contributed by atoms with Crippen LogP contribution in [0.5, 0.6) is 0 Å². The van der Waals surface area contributed by atoms with Crippen LogP contribution >= 0.6 is 0 Å². The lowest BCUT2D eigenvalue weighted by Gasteiger charge is -2.34. The molecule has 2 fully saturated rings. The van der Waals surface area contributed by atoms with E-state index in [2.05, 4.69) is 36.6 Å². The van der Waals surface area contributed by atoms with Crippen molar-refractivity contribution in [2.45, 2.75) is 83.7 Å². The Morgan fingerprint density at radius 2 is 1.97 bits per heavy atom. The number of amides is 1. The molecule has 1 amide bonds. The number of anilines is 1. The first-order chi connectivity index (χ1) is 16.2. The van der Waals surface area contributed by atoms with Gasteiger partial charge in [-0.15, -0.1) is 0 Å². The fraction of sp³-hybridized carbons (Fsp3) is 0.760. The van der Waals surface area contributed by atoms with Gasteiger partial charge in [0.2, 0.25) is 5.91 Å². The van der Waals surface area contributed by atoms with Gasteiger partial charge in [-0.3, -0.25) is 4.79 Å². The second-order valence-electron chi connectivity index (χ2n) is 10.2. The van der Waals surface area contributed by atoms with E-state index < -0.39 is 0 Å². The molecule has 3 aliphatic rings. The third-order valence-corrected chi connectivity index (χ3v) is 7.83. The van der Waals surface area contributed by atoms with E-state index in [1.807, 2.05) is 0 Å². The topological polar surface area (TPSA) is 79.2 Å². The minimum atomic E-state index is 0.0121. The van der Waals surface area contributed by atoms with Gasteiger partial charge in [-0.2, -0.15) is 0 Å². The number of carbonyl (C=O) groups is 1. The molecule has 1 N–H and O–H groups in total. The Morgan fingerprint density at radius 3 is 2.88 bits per heavy atom. The highest BCUT2D eigenvalue weighted by molar-refractivity contribution is 5.85. The summed E-state index contributed by atoms with van der Waals surface area (Å²) in [5.74, 6) is 2.24. The van der Waals surface area contributed by atoms with Gasteiger partial charge < -0.3 is 19.7 Å². The Hall–Kier alpha value is -2.22. The number of fused-ring (bicyclic) bond motifs is 3. The molecule has 0 aliphatic carbocycles. The second-order valence-corrected chi connectivity index (χ2v) is 10.2. The van der Waals surface area contributed by atoms with Crippen LogP contribution in [0.15, 0.2) is 6.33 Å². The molecule has 0 aromatic carbocycles. The predicted octanol–water partition coefficient (Wildman–Crippen LogP) is 3.15. The molecule has 3 aliphatic heterocycles. The second kappa shape index (κ2) is 10.4. The van der Waals surface area contributed by atoms with Crippen LogP contribution in [0.4, 0.5) is 5.82 Å². The summed E-state index contributed by atoms with van der Waals surface area (Å²) in [6.07, 6.45) is 13.2. The van der Waals surface area contributed by atoms with Crippen LogP contribution in [0.3, 0.4) is 0 Å². The first-order valence-corrected chi connectivity index (χ1v) is 13.2. The van der Waals surface area contributed by atoms with E-state index in [4.69, 9.17) is 4.98 Å². The third-order valence-electron chi connectivity index (χ3n) is 7.83. The summed E-state index contributed by atoms with van der Waals surface area (Å²) in [4.78, 5) is 32.0. The summed E-state index contributed by atoms with van der Waals surface area (Å²) in [6, 6.07) is 0.684. The van der Waals surface area contributed by atoms with E-state index in [9.17, 15) is 4.79 Å². The SMILES string of the molecule is C[C@@H]1CCCCN1CCCNC(=O)[C@@H]1CCCN(c2ncnc3c2nc2n3CCCCC2)C1. The van der Waals surface area contributed by atoms with E-state index >= 15 is 0 Å². The van der Waals surface area contributed by atoms with Crippen molar-refractivity contribution >= 4 is 22.9 Å². The number of aromatic nitrogens is 4. The van der Waals surface area contributed by atoms with Crippen molar-refractivity contribution in [3.05, 3.63) is 12.2 Å². The summed E-state index contributed by atoms with van der Waals surface area (Å²) in [7, 11) is 0. The van der Waals surface area contributed by atoms with Crippen LogP contribution in [-0.4, -0.2) is 69.1 Å². The maximum Gasteiger partial charge on any atom is 0.224 e. The lowest BCUT2D eigenvalue weighted by molar-refractivity contribution is -0.125. The highest BCUT2D eigenvalue weighted by Crippen LogP contribution is 2.29. The van der Waals surface area contributed by atoms with Crippen LogP contribution in [-0.2, 0) is 17.8 Å². The molecular weight excluding hydrogens is 414 g/mol. The van der Waals surface area contributed by atoms with Crippen LogP contribution in [0.1, 0.15) is 70.5 Å². The zero-order valence-electron chi connectivity index (χ0n) is 20.1. The first kappa shape index (κ1) is 22.6. The first-order valence-electron chi connectivity index (χ1n) is 13.2. The molecule has 8 heteroatoms. The van der Waals surface area contributed by atoms with Crippen molar-refractivity contribution < 1.29 is 4.79 Å². The lowest BCUT2D eigenvalue weighted by atomic mass is 9.97. The van der Waals surface area contributed by atoms with Crippen molar-refractivity contribution in [2.24, 2.45) is 5.92 Å². The molecule has 180 valence electrons. The number of nitrogens with zero attached hydrogens (tertiary/aromatic N) is 6. The molecular formula is C25H39N7O. The van der Waals surface area contributed by atoms with Crippen LogP contribution in [0.25, 0.3) is 11.2 Å². The maximum absolute atomic E-state index is 12.9. The Labute approximate surface area is 197 Å². The number of hydrogen-bond donors (Lipinski definition) is 1. The molecule has 5 heterocycles. The number of likely N-dealkylation sites (tertiary alicyclic amines) is 1.